The minimum absolute atomic E-state index is 0.182. The molecule has 8 heteroatoms. The monoisotopic (exact) mass is 434 g/mol. The highest BCUT2D eigenvalue weighted by atomic mass is 32.2. The van der Waals surface area contributed by atoms with Crippen molar-refractivity contribution in [3.63, 3.8) is 0 Å². The molecule has 0 bridgehead atoms. The van der Waals surface area contributed by atoms with Crippen molar-refractivity contribution in [1.29, 1.82) is 0 Å². The van der Waals surface area contributed by atoms with E-state index in [1.807, 2.05) is 26.8 Å². The molecule has 0 radical (unpaired) electrons. The van der Waals surface area contributed by atoms with Gasteiger partial charge >= 0.3 is 5.97 Å². The first-order valence-electron chi connectivity index (χ1n) is 10.3. The van der Waals surface area contributed by atoms with Crippen LogP contribution in [0.15, 0.2) is 34.2 Å². The lowest BCUT2D eigenvalue weighted by Gasteiger charge is -2.38. The smallest absolute Gasteiger partial charge is 0.307 e. The normalized spacial score (nSPS) is 23.5. The van der Waals surface area contributed by atoms with E-state index in [9.17, 15) is 23.1 Å². The summed E-state index contributed by atoms with van der Waals surface area (Å²) in [6.45, 7) is 8.46. The predicted octanol–water partition coefficient (Wildman–Crippen LogP) is 2.58. The van der Waals surface area contributed by atoms with Crippen LogP contribution in [-0.4, -0.2) is 60.8 Å². The lowest BCUT2D eigenvalue weighted by Crippen LogP contribution is -2.53. The van der Waals surface area contributed by atoms with Crippen molar-refractivity contribution in [2.75, 3.05) is 26.2 Å². The minimum atomic E-state index is -3.64. The highest BCUT2D eigenvalue weighted by molar-refractivity contribution is 7.89. The molecule has 3 rings (SSSR count). The van der Waals surface area contributed by atoms with Crippen molar-refractivity contribution in [3.8, 4) is 0 Å². The molecule has 1 aliphatic heterocycles. The number of hydrogen-bond acceptors (Lipinski definition) is 4. The van der Waals surface area contributed by atoms with Crippen LogP contribution < -0.4 is 0 Å². The predicted molar refractivity (Wildman–Crippen MR) is 113 cm³/mol. The quantitative estimate of drug-likeness (QED) is 0.735. The van der Waals surface area contributed by atoms with Crippen molar-refractivity contribution < 1.29 is 23.1 Å². The summed E-state index contributed by atoms with van der Waals surface area (Å²) in [5.41, 5.74) is 3.69. The second-order valence-corrected chi connectivity index (χ2v) is 10.4. The third kappa shape index (κ3) is 4.30. The van der Waals surface area contributed by atoms with Gasteiger partial charge in [0.1, 0.15) is 0 Å². The van der Waals surface area contributed by atoms with E-state index < -0.39 is 27.8 Å². The summed E-state index contributed by atoms with van der Waals surface area (Å²) in [6.07, 6.45) is 0.835. The van der Waals surface area contributed by atoms with Crippen molar-refractivity contribution in [2.45, 2.75) is 45.4 Å². The maximum absolute atomic E-state index is 13.1. The zero-order chi connectivity index (χ0) is 22.2. The number of rotatable bonds is 4. The first-order valence-corrected chi connectivity index (χ1v) is 11.7. The summed E-state index contributed by atoms with van der Waals surface area (Å²) in [6, 6.07) is 5.36. The van der Waals surface area contributed by atoms with Gasteiger partial charge in [-0.05, 0) is 57.7 Å². The van der Waals surface area contributed by atoms with Gasteiger partial charge in [-0.1, -0.05) is 23.3 Å². The van der Waals surface area contributed by atoms with Crippen LogP contribution in [0, 0.1) is 25.7 Å². The van der Waals surface area contributed by atoms with Gasteiger partial charge in [0.05, 0.1) is 16.7 Å². The third-order valence-electron chi connectivity index (χ3n) is 6.41. The zero-order valence-electron chi connectivity index (χ0n) is 18.0. The Morgan fingerprint density at radius 3 is 2.07 bits per heavy atom. The number of carboxylic acids is 1. The van der Waals surface area contributed by atoms with Crippen LogP contribution >= 0.6 is 0 Å². The van der Waals surface area contributed by atoms with Gasteiger partial charge in [-0.3, -0.25) is 9.59 Å². The Balaban J connectivity index is 1.73. The van der Waals surface area contributed by atoms with E-state index in [-0.39, 0.29) is 32.1 Å². The number of benzene rings is 1. The first-order chi connectivity index (χ1) is 14.0. The van der Waals surface area contributed by atoms with Crippen LogP contribution in [0.5, 0.6) is 0 Å². The van der Waals surface area contributed by atoms with Crippen molar-refractivity contribution >= 4 is 21.9 Å². The fourth-order valence-corrected chi connectivity index (χ4v) is 6.05. The SMILES string of the molecule is CC1=C(C)C[C@@H](C(=O)N2CCN(S(=O)(=O)c3cc(C)ccc3C)CC2)[C@H](C(=O)O)C1. The molecule has 1 N–H and O–H groups in total. The topological polar surface area (TPSA) is 95.0 Å². The van der Waals surface area contributed by atoms with Crippen LogP contribution in [0.3, 0.4) is 0 Å². The van der Waals surface area contributed by atoms with Gasteiger partial charge < -0.3 is 10.0 Å². The number of aryl methyl sites for hydroxylation is 2. The molecule has 2 aliphatic rings. The second kappa shape index (κ2) is 8.51. The summed E-state index contributed by atoms with van der Waals surface area (Å²) in [4.78, 5) is 26.8. The first kappa shape index (κ1) is 22.5. The van der Waals surface area contributed by atoms with E-state index in [1.165, 1.54) is 4.31 Å². The van der Waals surface area contributed by atoms with Gasteiger partial charge in [-0.2, -0.15) is 4.31 Å². The minimum Gasteiger partial charge on any atom is -0.481 e. The molecule has 0 spiro atoms. The zero-order valence-corrected chi connectivity index (χ0v) is 18.8. The number of carbonyl (C=O) groups is 2. The Labute approximate surface area is 178 Å². The Morgan fingerprint density at radius 2 is 1.50 bits per heavy atom. The third-order valence-corrected chi connectivity index (χ3v) is 8.45. The standard InChI is InChI=1S/C22H30N2O5S/c1-14-5-6-15(2)20(11-14)30(28,29)24-9-7-23(8-10-24)21(25)18-12-16(3)17(4)13-19(18)22(26)27/h5-6,11,18-19H,7-10,12-13H2,1-4H3,(H,26,27)/t18-,19-/m1/s1. The van der Waals surface area contributed by atoms with Crippen molar-refractivity contribution in [3.05, 3.63) is 40.5 Å². The summed E-state index contributed by atoms with van der Waals surface area (Å²) in [7, 11) is -3.64. The molecule has 1 aromatic carbocycles. The fraction of sp³-hybridized carbons (Fsp3) is 0.545. The summed E-state index contributed by atoms with van der Waals surface area (Å²) >= 11 is 0. The van der Waals surface area contributed by atoms with E-state index in [0.29, 0.717) is 23.3 Å². The number of allylic oxidation sites excluding steroid dienone is 2. The summed E-state index contributed by atoms with van der Waals surface area (Å²) in [5.74, 6) is -2.44. The Hall–Kier alpha value is -2.19. The summed E-state index contributed by atoms with van der Waals surface area (Å²) in [5, 5.41) is 9.60. The fourth-order valence-electron chi connectivity index (χ4n) is 4.32. The van der Waals surface area contributed by atoms with Gasteiger partial charge in [0, 0.05) is 26.2 Å². The van der Waals surface area contributed by atoms with Crippen LogP contribution in [0.1, 0.15) is 37.8 Å². The van der Waals surface area contributed by atoms with Crippen LogP contribution in [-0.2, 0) is 19.6 Å². The van der Waals surface area contributed by atoms with Gasteiger partial charge in [0.2, 0.25) is 15.9 Å². The Kier molecular flexibility index (Phi) is 6.38. The molecule has 0 unspecified atom stereocenters. The molecule has 30 heavy (non-hydrogen) atoms. The maximum Gasteiger partial charge on any atom is 0.307 e. The molecule has 1 saturated heterocycles. The molecular formula is C22H30N2O5S. The number of aliphatic carboxylic acids is 1. The molecule has 1 aliphatic carbocycles. The van der Waals surface area contributed by atoms with E-state index in [2.05, 4.69) is 0 Å². The lowest BCUT2D eigenvalue weighted by atomic mass is 9.76. The lowest BCUT2D eigenvalue weighted by molar-refractivity contribution is -0.151. The number of carbonyl (C=O) groups excluding carboxylic acids is 1. The Morgan fingerprint density at radius 1 is 0.933 bits per heavy atom. The maximum atomic E-state index is 13.1. The molecule has 0 saturated carbocycles. The van der Waals surface area contributed by atoms with Gasteiger partial charge in [0.25, 0.3) is 0 Å². The van der Waals surface area contributed by atoms with Crippen molar-refractivity contribution in [1.82, 2.24) is 9.21 Å². The molecule has 2 atom stereocenters. The molecule has 1 aromatic rings. The average molecular weight is 435 g/mol. The van der Waals surface area contributed by atoms with E-state index in [1.54, 1.807) is 24.0 Å². The van der Waals surface area contributed by atoms with Gasteiger partial charge in [-0.25, -0.2) is 8.42 Å². The number of sulfonamides is 1. The highest BCUT2D eigenvalue weighted by Gasteiger charge is 2.40. The van der Waals surface area contributed by atoms with Crippen LogP contribution in [0.4, 0.5) is 0 Å². The van der Waals surface area contributed by atoms with Gasteiger partial charge in [-0.15, -0.1) is 0 Å². The molecule has 1 amide bonds. The molecule has 0 aromatic heterocycles. The highest BCUT2D eigenvalue weighted by Crippen LogP contribution is 2.35. The molecule has 1 heterocycles. The Bertz CT molecular complexity index is 991. The van der Waals surface area contributed by atoms with E-state index >= 15 is 0 Å². The molecule has 7 nitrogen and oxygen atoms in total. The average Bonchev–Trinajstić information content (AvgIpc) is 2.70. The number of nitrogens with zero attached hydrogens (tertiary/aromatic N) is 2. The second-order valence-electron chi connectivity index (χ2n) is 8.52. The summed E-state index contributed by atoms with van der Waals surface area (Å²) < 4.78 is 27.6. The number of amides is 1. The largest absolute Gasteiger partial charge is 0.481 e. The van der Waals surface area contributed by atoms with E-state index in [0.717, 1.165) is 16.7 Å². The molecule has 164 valence electrons. The van der Waals surface area contributed by atoms with Crippen LogP contribution in [0.25, 0.3) is 0 Å². The van der Waals surface area contributed by atoms with Gasteiger partial charge in [0.15, 0.2) is 0 Å². The van der Waals surface area contributed by atoms with E-state index in [4.69, 9.17) is 0 Å². The molecule has 1 fully saturated rings. The van der Waals surface area contributed by atoms with Crippen LogP contribution in [0.2, 0.25) is 0 Å². The molecular weight excluding hydrogens is 404 g/mol. The van der Waals surface area contributed by atoms with Crippen molar-refractivity contribution in [2.24, 2.45) is 11.8 Å². The number of piperazine rings is 1. The number of carboxylic acid groups (broad SMARTS) is 1. The number of hydrogen-bond donors (Lipinski definition) is 1.